The van der Waals surface area contributed by atoms with E-state index in [1.165, 1.54) is 47.0 Å². The number of carbonyl (C=O) groups is 1. The third-order valence-corrected chi connectivity index (χ3v) is 8.06. The Morgan fingerprint density at radius 3 is 2.75 bits per heavy atom. The van der Waals surface area contributed by atoms with E-state index >= 15 is 0 Å². The zero-order chi connectivity index (χ0) is 20.1. The number of carbonyl (C=O) groups excluding carboxylic acids is 1. The maximum Gasteiger partial charge on any atom is 0.244 e. The molecule has 0 spiro atoms. The van der Waals surface area contributed by atoms with Crippen LogP contribution in [0.15, 0.2) is 51.0 Å². The summed E-state index contributed by atoms with van der Waals surface area (Å²) in [4.78, 5) is 12.9. The summed E-state index contributed by atoms with van der Waals surface area (Å²) >= 11 is 4.33. The fourth-order valence-electron chi connectivity index (χ4n) is 2.07. The van der Waals surface area contributed by atoms with Crippen molar-refractivity contribution in [1.29, 1.82) is 0 Å². The van der Waals surface area contributed by atoms with E-state index in [1.54, 1.807) is 11.3 Å². The lowest BCUT2D eigenvalue weighted by molar-refractivity contribution is -0.117. The summed E-state index contributed by atoms with van der Waals surface area (Å²) in [6.45, 7) is 1.36. The molecule has 2 aromatic heterocycles. The zero-order valence-corrected chi connectivity index (χ0v) is 17.7. The second-order valence-electron chi connectivity index (χ2n) is 5.50. The van der Waals surface area contributed by atoms with Gasteiger partial charge < -0.3 is 0 Å². The molecule has 0 radical (unpaired) electrons. The maximum absolute atomic E-state index is 13.7. The van der Waals surface area contributed by atoms with Gasteiger partial charge in [0, 0.05) is 10.6 Å². The lowest BCUT2D eigenvalue weighted by Crippen LogP contribution is -2.41. The van der Waals surface area contributed by atoms with Gasteiger partial charge in [-0.15, -0.1) is 21.5 Å². The Morgan fingerprint density at radius 2 is 2.04 bits per heavy atom. The molecule has 7 nitrogen and oxygen atoms in total. The van der Waals surface area contributed by atoms with Gasteiger partial charge in [0.25, 0.3) is 0 Å². The van der Waals surface area contributed by atoms with Crippen LogP contribution in [0.3, 0.4) is 0 Å². The van der Waals surface area contributed by atoms with Crippen LogP contribution < -0.4 is 10.0 Å². The number of hydrogen-bond donors (Lipinski definition) is 2. The highest BCUT2D eigenvalue weighted by Crippen LogP contribution is 2.29. The number of halogens is 1. The van der Waals surface area contributed by atoms with Gasteiger partial charge in [-0.2, -0.15) is 4.72 Å². The fourth-order valence-corrected chi connectivity index (χ4v) is 5.88. The van der Waals surface area contributed by atoms with Crippen LogP contribution in [0.1, 0.15) is 11.8 Å². The Kier molecular flexibility index (Phi) is 6.78. The van der Waals surface area contributed by atoms with Crippen molar-refractivity contribution in [2.75, 3.05) is 5.32 Å². The van der Waals surface area contributed by atoms with E-state index < -0.39 is 32.7 Å². The molecule has 1 aromatic carbocycles. The van der Waals surface area contributed by atoms with Gasteiger partial charge in [-0.25, -0.2) is 12.8 Å². The number of rotatable bonds is 8. The summed E-state index contributed by atoms with van der Waals surface area (Å²) in [7, 11) is -4.18. The number of nitrogens with zero attached hydrogens (tertiary/aromatic N) is 2. The normalized spacial score (nSPS) is 12.6. The van der Waals surface area contributed by atoms with Crippen molar-refractivity contribution in [3.63, 3.8) is 0 Å². The average Bonchev–Trinajstić information content (AvgIpc) is 3.31. The van der Waals surface area contributed by atoms with Crippen molar-refractivity contribution in [1.82, 2.24) is 14.9 Å². The van der Waals surface area contributed by atoms with E-state index in [1.807, 2.05) is 17.5 Å². The molecule has 1 atom stereocenters. The summed E-state index contributed by atoms with van der Waals surface area (Å²) in [5, 5.41) is 12.7. The quantitative estimate of drug-likeness (QED) is 0.397. The van der Waals surface area contributed by atoms with Crippen molar-refractivity contribution >= 4 is 55.5 Å². The molecule has 28 heavy (non-hydrogen) atoms. The van der Waals surface area contributed by atoms with Crippen LogP contribution in [0, 0.1) is 5.82 Å². The minimum absolute atomic E-state index is 0.260. The van der Waals surface area contributed by atoms with Gasteiger partial charge in [-0.05, 0) is 30.5 Å². The highest BCUT2D eigenvalue weighted by Gasteiger charge is 2.25. The van der Waals surface area contributed by atoms with Crippen LogP contribution in [-0.4, -0.2) is 30.6 Å². The van der Waals surface area contributed by atoms with Crippen LogP contribution in [0.25, 0.3) is 0 Å². The summed E-state index contributed by atoms with van der Waals surface area (Å²) < 4.78 is 41.1. The smallest absolute Gasteiger partial charge is 0.244 e. The van der Waals surface area contributed by atoms with Crippen molar-refractivity contribution in [2.24, 2.45) is 0 Å². The van der Waals surface area contributed by atoms with Crippen LogP contribution in [-0.2, 0) is 20.6 Å². The molecule has 0 aliphatic rings. The molecule has 0 fully saturated rings. The number of thioether (sulfide) groups is 1. The Labute approximate surface area is 173 Å². The molecule has 12 heteroatoms. The number of benzene rings is 1. The topological polar surface area (TPSA) is 101 Å². The predicted octanol–water partition coefficient (Wildman–Crippen LogP) is 3.34. The minimum Gasteiger partial charge on any atom is -0.299 e. The Bertz CT molecular complexity index is 1050. The first-order chi connectivity index (χ1) is 13.3. The first kappa shape index (κ1) is 20.9. The van der Waals surface area contributed by atoms with E-state index in [2.05, 4.69) is 20.2 Å². The standard InChI is InChI=1S/C16H15FN4O3S4/c1-10(21-28(23,24)13-7-3-2-6-12(13)17)14(22)18-15-19-20-16(27-15)26-9-11-5-4-8-25-11/h2-8,10,21H,9H2,1H3,(H,18,19,22)/t10-/m0/s1. The predicted molar refractivity (Wildman–Crippen MR) is 109 cm³/mol. The van der Waals surface area contributed by atoms with Gasteiger partial charge in [0.2, 0.25) is 21.1 Å². The largest absolute Gasteiger partial charge is 0.299 e. The van der Waals surface area contributed by atoms with Gasteiger partial charge in [-0.3, -0.25) is 10.1 Å². The molecule has 2 N–H and O–H groups in total. The molecular formula is C16H15FN4O3S4. The summed E-state index contributed by atoms with van der Waals surface area (Å²) in [6, 6.07) is 7.81. The monoisotopic (exact) mass is 458 g/mol. The number of aromatic nitrogens is 2. The molecule has 2 heterocycles. The van der Waals surface area contributed by atoms with E-state index in [4.69, 9.17) is 0 Å². The molecule has 1 amide bonds. The zero-order valence-electron chi connectivity index (χ0n) is 14.5. The molecule has 3 rings (SSSR count). The molecule has 0 bridgehead atoms. The van der Waals surface area contributed by atoms with E-state index in [0.29, 0.717) is 4.34 Å². The second-order valence-corrected chi connectivity index (χ2v) is 10.4. The Hall–Kier alpha value is -1.86. The number of sulfonamides is 1. The van der Waals surface area contributed by atoms with E-state index in [0.717, 1.165) is 17.9 Å². The highest BCUT2D eigenvalue weighted by atomic mass is 32.2. The van der Waals surface area contributed by atoms with Crippen LogP contribution in [0.5, 0.6) is 0 Å². The van der Waals surface area contributed by atoms with Gasteiger partial charge >= 0.3 is 0 Å². The molecule has 0 saturated carbocycles. The highest BCUT2D eigenvalue weighted by molar-refractivity contribution is 8.00. The molecule has 3 aromatic rings. The minimum atomic E-state index is -4.18. The first-order valence-corrected chi connectivity index (χ1v) is 12.1. The second kappa shape index (κ2) is 9.09. The molecule has 0 aliphatic heterocycles. The maximum atomic E-state index is 13.7. The van der Waals surface area contributed by atoms with Gasteiger partial charge in [-0.1, -0.05) is 41.3 Å². The molecule has 148 valence electrons. The third kappa shape index (κ3) is 5.35. The lowest BCUT2D eigenvalue weighted by Gasteiger charge is -2.13. The van der Waals surface area contributed by atoms with Gasteiger partial charge in [0.05, 0.1) is 6.04 Å². The average molecular weight is 459 g/mol. The van der Waals surface area contributed by atoms with E-state index in [9.17, 15) is 17.6 Å². The van der Waals surface area contributed by atoms with Crippen LogP contribution in [0.2, 0.25) is 0 Å². The lowest BCUT2D eigenvalue weighted by atomic mass is 10.3. The van der Waals surface area contributed by atoms with Crippen molar-refractivity contribution in [2.45, 2.75) is 28.0 Å². The molecule has 0 saturated heterocycles. The summed E-state index contributed by atoms with van der Waals surface area (Å²) in [5.41, 5.74) is 0. The van der Waals surface area contributed by atoms with Gasteiger partial charge in [0.1, 0.15) is 10.7 Å². The summed E-state index contributed by atoms with van der Waals surface area (Å²) in [6.07, 6.45) is 0. The van der Waals surface area contributed by atoms with E-state index in [-0.39, 0.29) is 5.13 Å². The number of anilines is 1. The summed E-state index contributed by atoms with van der Waals surface area (Å²) in [5.74, 6) is -0.760. The Morgan fingerprint density at radius 1 is 1.25 bits per heavy atom. The molecule has 0 aliphatic carbocycles. The van der Waals surface area contributed by atoms with Crippen molar-refractivity contribution in [3.05, 3.63) is 52.5 Å². The van der Waals surface area contributed by atoms with Gasteiger partial charge in [0.15, 0.2) is 4.34 Å². The number of thiophene rings is 1. The Balaban J connectivity index is 1.58. The third-order valence-electron chi connectivity index (χ3n) is 3.41. The number of hydrogen-bond acceptors (Lipinski definition) is 8. The van der Waals surface area contributed by atoms with Crippen LogP contribution >= 0.6 is 34.4 Å². The SMILES string of the molecule is C[C@H](NS(=O)(=O)c1ccccc1F)C(=O)Nc1nnc(SCc2cccs2)s1. The van der Waals surface area contributed by atoms with Crippen molar-refractivity contribution < 1.29 is 17.6 Å². The molecule has 0 unspecified atom stereocenters. The first-order valence-electron chi connectivity index (χ1n) is 7.91. The fraction of sp³-hybridized carbons (Fsp3) is 0.188. The van der Waals surface area contributed by atoms with Crippen molar-refractivity contribution in [3.8, 4) is 0 Å². The molecular weight excluding hydrogens is 443 g/mol. The number of amides is 1. The number of nitrogens with one attached hydrogen (secondary N) is 2. The van der Waals surface area contributed by atoms with Crippen LogP contribution in [0.4, 0.5) is 9.52 Å².